The van der Waals surface area contributed by atoms with Crippen LogP contribution in [0, 0.1) is 23.3 Å². The van der Waals surface area contributed by atoms with Crippen LogP contribution in [0.5, 0.6) is 11.5 Å². The molecule has 0 bridgehead atoms. The minimum Gasteiger partial charge on any atom is -0.493 e. The Hall–Kier alpha value is -3.68. The molecular weight excluding hydrogens is 554 g/mol. The quantitative estimate of drug-likeness (QED) is 0.102. The first-order valence-electron chi connectivity index (χ1n) is 14.3. The number of aryl methyl sites for hydroxylation is 3. The SMILES string of the molecule is CCCCCCCOc1cc(F)c(CCc2ccc3c(F)c(CCc4ccc(OC(F)F)c(F)c4)ccc3c2)c(F)c1. The number of halogens is 6. The van der Waals surface area contributed by atoms with Crippen LogP contribution in [0.3, 0.4) is 0 Å². The third-order valence-corrected chi connectivity index (χ3v) is 7.29. The minimum absolute atomic E-state index is 0.0165. The molecule has 0 saturated carbocycles. The van der Waals surface area contributed by atoms with Crippen molar-refractivity contribution in [1.29, 1.82) is 0 Å². The van der Waals surface area contributed by atoms with Gasteiger partial charge in [0.2, 0.25) is 0 Å². The molecule has 0 heterocycles. The fourth-order valence-corrected chi connectivity index (χ4v) is 4.97. The van der Waals surface area contributed by atoms with E-state index >= 15 is 4.39 Å². The molecule has 0 atom stereocenters. The Labute approximate surface area is 242 Å². The standard InChI is InChI=1S/C34H34F6O2/c1-2-3-4-5-6-17-41-26-20-29(35)28(30(36)21-26)15-9-22-8-14-27-25(18-22)13-12-24(33(27)38)11-7-23-10-16-32(31(37)19-23)42-34(39)40/h8,10,12-14,16,18-21,34H,2-7,9,11,15,17H2,1H3. The highest BCUT2D eigenvalue weighted by atomic mass is 19.3. The highest BCUT2D eigenvalue weighted by molar-refractivity contribution is 5.84. The molecule has 0 saturated heterocycles. The van der Waals surface area contributed by atoms with Crippen molar-refractivity contribution >= 4 is 10.8 Å². The Balaban J connectivity index is 1.36. The average molecular weight is 589 g/mol. The minimum atomic E-state index is -3.12. The molecule has 4 aromatic rings. The van der Waals surface area contributed by atoms with Crippen LogP contribution in [0.1, 0.15) is 61.3 Å². The Kier molecular flexibility index (Phi) is 11.2. The summed E-state index contributed by atoms with van der Waals surface area (Å²) in [4.78, 5) is 0. The molecule has 42 heavy (non-hydrogen) atoms. The van der Waals surface area contributed by atoms with Crippen molar-refractivity contribution in [2.75, 3.05) is 6.61 Å². The molecule has 0 aromatic heterocycles. The second kappa shape index (κ2) is 15.0. The molecule has 8 heteroatoms. The van der Waals surface area contributed by atoms with Crippen molar-refractivity contribution in [2.45, 2.75) is 71.3 Å². The van der Waals surface area contributed by atoms with Crippen molar-refractivity contribution in [3.05, 3.63) is 106 Å². The Morgan fingerprint density at radius 2 is 1.36 bits per heavy atom. The summed E-state index contributed by atoms with van der Waals surface area (Å²) >= 11 is 0. The molecular formula is C34H34F6O2. The molecule has 0 amide bonds. The molecule has 0 spiro atoms. The van der Waals surface area contributed by atoms with Gasteiger partial charge in [-0.25, -0.2) is 17.6 Å². The molecule has 4 rings (SSSR count). The first-order valence-corrected chi connectivity index (χ1v) is 14.3. The van der Waals surface area contributed by atoms with E-state index in [4.69, 9.17) is 4.74 Å². The predicted octanol–water partition coefficient (Wildman–Crippen LogP) is 9.92. The van der Waals surface area contributed by atoms with E-state index in [0.717, 1.165) is 49.8 Å². The zero-order valence-electron chi connectivity index (χ0n) is 23.5. The van der Waals surface area contributed by atoms with Gasteiger partial charge < -0.3 is 9.47 Å². The van der Waals surface area contributed by atoms with E-state index in [1.165, 1.54) is 18.2 Å². The van der Waals surface area contributed by atoms with Gasteiger partial charge in [0.05, 0.1) is 6.61 Å². The van der Waals surface area contributed by atoms with Gasteiger partial charge in [-0.3, -0.25) is 0 Å². The second-order valence-corrected chi connectivity index (χ2v) is 10.4. The van der Waals surface area contributed by atoms with Crippen molar-refractivity contribution < 1.29 is 35.8 Å². The van der Waals surface area contributed by atoms with Crippen LogP contribution in [0.15, 0.2) is 60.7 Å². The maximum Gasteiger partial charge on any atom is 0.387 e. The maximum atomic E-state index is 15.3. The van der Waals surface area contributed by atoms with E-state index in [1.54, 1.807) is 30.3 Å². The number of benzene rings is 4. The van der Waals surface area contributed by atoms with Gasteiger partial charge in [-0.15, -0.1) is 0 Å². The van der Waals surface area contributed by atoms with Gasteiger partial charge in [0.15, 0.2) is 11.6 Å². The van der Waals surface area contributed by atoms with E-state index in [2.05, 4.69) is 11.7 Å². The average Bonchev–Trinajstić information content (AvgIpc) is 2.95. The highest BCUT2D eigenvalue weighted by Crippen LogP contribution is 2.27. The van der Waals surface area contributed by atoms with E-state index in [-0.39, 0.29) is 24.2 Å². The van der Waals surface area contributed by atoms with Gasteiger partial charge in [0.25, 0.3) is 0 Å². The van der Waals surface area contributed by atoms with Crippen LogP contribution in [-0.4, -0.2) is 13.2 Å². The van der Waals surface area contributed by atoms with E-state index in [0.29, 0.717) is 41.3 Å². The lowest BCUT2D eigenvalue weighted by Crippen LogP contribution is -2.04. The first-order chi connectivity index (χ1) is 20.2. The van der Waals surface area contributed by atoms with Gasteiger partial charge >= 0.3 is 6.61 Å². The molecule has 0 fully saturated rings. The van der Waals surface area contributed by atoms with Crippen LogP contribution in [0.2, 0.25) is 0 Å². The fraction of sp³-hybridized carbons (Fsp3) is 0.353. The smallest absolute Gasteiger partial charge is 0.387 e. The Morgan fingerprint density at radius 1 is 0.667 bits per heavy atom. The summed E-state index contributed by atoms with van der Waals surface area (Å²) in [5.74, 6) is -2.97. The molecule has 0 aliphatic carbocycles. The second-order valence-electron chi connectivity index (χ2n) is 10.4. The van der Waals surface area contributed by atoms with Gasteiger partial charge in [-0.1, -0.05) is 69.0 Å². The third kappa shape index (κ3) is 8.43. The zero-order chi connectivity index (χ0) is 30.1. The number of rotatable bonds is 15. The monoisotopic (exact) mass is 588 g/mol. The summed E-state index contributed by atoms with van der Waals surface area (Å²) in [5.41, 5.74) is 1.74. The summed E-state index contributed by atoms with van der Waals surface area (Å²) in [7, 11) is 0. The number of unbranched alkanes of at least 4 members (excludes halogenated alkanes) is 4. The molecule has 0 radical (unpaired) electrons. The summed E-state index contributed by atoms with van der Waals surface area (Å²) in [6, 6.07) is 14.7. The first kappa shape index (κ1) is 31.3. The van der Waals surface area contributed by atoms with Crippen LogP contribution in [0.25, 0.3) is 10.8 Å². The maximum absolute atomic E-state index is 15.3. The van der Waals surface area contributed by atoms with Gasteiger partial charge in [-0.2, -0.15) is 8.78 Å². The number of fused-ring (bicyclic) bond motifs is 1. The summed E-state index contributed by atoms with van der Waals surface area (Å²) < 4.78 is 93.0. The van der Waals surface area contributed by atoms with E-state index in [9.17, 15) is 22.0 Å². The van der Waals surface area contributed by atoms with Gasteiger partial charge in [0.1, 0.15) is 23.2 Å². The Bertz CT molecular complexity index is 1460. The highest BCUT2D eigenvalue weighted by Gasteiger charge is 2.15. The molecule has 2 nitrogen and oxygen atoms in total. The number of alkyl halides is 2. The molecule has 0 aliphatic heterocycles. The zero-order valence-corrected chi connectivity index (χ0v) is 23.5. The van der Waals surface area contributed by atoms with Gasteiger partial charge in [0, 0.05) is 23.1 Å². The Morgan fingerprint density at radius 3 is 2.07 bits per heavy atom. The predicted molar refractivity (Wildman–Crippen MR) is 152 cm³/mol. The van der Waals surface area contributed by atoms with Crippen LogP contribution >= 0.6 is 0 Å². The molecule has 0 unspecified atom stereocenters. The van der Waals surface area contributed by atoms with E-state index < -0.39 is 35.6 Å². The molecule has 4 aromatic carbocycles. The van der Waals surface area contributed by atoms with Crippen LogP contribution in [-0.2, 0) is 25.7 Å². The molecule has 224 valence electrons. The van der Waals surface area contributed by atoms with Crippen molar-refractivity contribution in [2.24, 2.45) is 0 Å². The van der Waals surface area contributed by atoms with Crippen molar-refractivity contribution in [1.82, 2.24) is 0 Å². The summed E-state index contributed by atoms with van der Waals surface area (Å²) in [6.07, 6.45) is 6.35. The lowest BCUT2D eigenvalue weighted by atomic mass is 9.97. The molecule has 0 N–H and O–H groups in total. The van der Waals surface area contributed by atoms with Crippen LogP contribution < -0.4 is 9.47 Å². The largest absolute Gasteiger partial charge is 0.493 e. The number of ether oxygens (including phenoxy) is 2. The molecule has 0 aliphatic rings. The third-order valence-electron chi connectivity index (χ3n) is 7.29. The normalized spacial score (nSPS) is 11.4. The fourth-order valence-electron chi connectivity index (χ4n) is 4.97. The van der Waals surface area contributed by atoms with Crippen molar-refractivity contribution in [3.63, 3.8) is 0 Å². The van der Waals surface area contributed by atoms with Crippen LogP contribution in [0.4, 0.5) is 26.3 Å². The van der Waals surface area contributed by atoms with Crippen molar-refractivity contribution in [3.8, 4) is 11.5 Å². The lowest BCUT2D eigenvalue weighted by molar-refractivity contribution is -0.0522. The lowest BCUT2D eigenvalue weighted by Gasteiger charge is -2.11. The van der Waals surface area contributed by atoms with Gasteiger partial charge in [-0.05, 0) is 66.3 Å². The number of hydrogen-bond donors (Lipinski definition) is 0. The summed E-state index contributed by atoms with van der Waals surface area (Å²) in [5, 5.41) is 1.05. The summed E-state index contributed by atoms with van der Waals surface area (Å²) in [6.45, 7) is -0.569. The van der Waals surface area contributed by atoms with E-state index in [1.807, 2.05) is 0 Å². The topological polar surface area (TPSA) is 18.5 Å². The number of hydrogen-bond acceptors (Lipinski definition) is 2.